The van der Waals surface area contributed by atoms with Crippen LogP contribution in [0.5, 0.6) is 0 Å². The maximum atomic E-state index is 13.7. The second-order valence-corrected chi connectivity index (χ2v) is 4.69. The summed E-state index contributed by atoms with van der Waals surface area (Å²) in [7, 11) is 0. The van der Waals surface area contributed by atoms with Crippen molar-refractivity contribution in [1.29, 1.82) is 0 Å². The van der Waals surface area contributed by atoms with Crippen molar-refractivity contribution < 1.29 is 18.8 Å². The molecule has 4 N–H and O–H groups in total. The molecule has 106 valence electrons. The monoisotopic (exact) mass is 279 g/mol. The normalized spacial score (nSPS) is 17.7. The van der Waals surface area contributed by atoms with Crippen LogP contribution in [0.1, 0.15) is 22.3 Å². The molecule has 1 fully saturated rings. The van der Waals surface area contributed by atoms with Crippen LogP contribution in [0.3, 0.4) is 0 Å². The minimum atomic E-state index is -0.780. The lowest BCUT2D eigenvalue weighted by Gasteiger charge is -2.13. The molecule has 1 aromatic rings. The molecule has 1 saturated heterocycles. The molecule has 1 aliphatic heterocycles. The van der Waals surface area contributed by atoms with E-state index in [1.165, 1.54) is 13.0 Å². The molecule has 0 radical (unpaired) electrons. The average Bonchev–Trinajstić information content (AvgIpc) is 2.81. The summed E-state index contributed by atoms with van der Waals surface area (Å²) in [6, 6.07) is 2.34. The van der Waals surface area contributed by atoms with Gasteiger partial charge in [-0.3, -0.25) is 14.4 Å². The number of amides is 3. The number of hydrogen-bond donors (Lipinski definition) is 3. The Morgan fingerprint density at radius 1 is 1.45 bits per heavy atom. The predicted molar refractivity (Wildman–Crippen MR) is 69.4 cm³/mol. The van der Waals surface area contributed by atoms with E-state index in [9.17, 15) is 18.8 Å². The first kappa shape index (κ1) is 14.0. The highest BCUT2D eigenvalue weighted by Crippen LogP contribution is 2.22. The second-order valence-electron chi connectivity index (χ2n) is 4.69. The van der Waals surface area contributed by atoms with E-state index >= 15 is 0 Å². The Labute approximate surface area is 114 Å². The Morgan fingerprint density at radius 2 is 2.15 bits per heavy atom. The quantitative estimate of drug-likeness (QED) is 0.742. The van der Waals surface area contributed by atoms with E-state index in [-0.39, 0.29) is 35.7 Å². The van der Waals surface area contributed by atoms with E-state index in [2.05, 4.69) is 10.6 Å². The van der Waals surface area contributed by atoms with Gasteiger partial charge in [-0.05, 0) is 19.1 Å². The average molecular weight is 279 g/mol. The van der Waals surface area contributed by atoms with Gasteiger partial charge in [0.2, 0.25) is 17.7 Å². The first-order chi connectivity index (χ1) is 9.38. The third-order valence-electron chi connectivity index (χ3n) is 3.23. The predicted octanol–water partition coefficient (Wildman–Crippen LogP) is 0.308. The highest BCUT2D eigenvalue weighted by molar-refractivity contribution is 5.99. The fourth-order valence-electron chi connectivity index (χ4n) is 1.98. The van der Waals surface area contributed by atoms with Crippen LogP contribution in [0.15, 0.2) is 12.1 Å². The van der Waals surface area contributed by atoms with E-state index in [0.29, 0.717) is 0 Å². The zero-order valence-electron chi connectivity index (χ0n) is 10.8. The van der Waals surface area contributed by atoms with Crippen molar-refractivity contribution in [1.82, 2.24) is 5.32 Å². The molecule has 1 atom stereocenters. The molecule has 20 heavy (non-hydrogen) atoms. The minimum Gasteiger partial charge on any atom is -0.366 e. The molecule has 0 bridgehead atoms. The van der Waals surface area contributed by atoms with Gasteiger partial charge in [0.25, 0.3) is 0 Å². The molecule has 2 rings (SSSR count). The molecule has 0 spiro atoms. The van der Waals surface area contributed by atoms with Crippen LogP contribution in [0.2, 0.25) is 0 Å². The number of anilines is 1. The van der Waals surface area contributed by atoms with Gasteiger partial charge in [0.05, 0.1) is 5.92 Å². The third-order valence-corrected chi connectivity index (χ3v) is 3.23. The smallest absolute Gasteiger partial charge is 0.248 e. The van der Waals surface area contributed by atoms with E-state index in [1.54, 1.807) is 0 Å². The van der Waals surface area contributed by atoms with Gasteiger partial charge in [0.15, 0.2) is 0 Å². The van der Waals surface area contributed by atoms with Gasteiger partial charge < -0.3 is 16.4 Å². The molecule has 0 aromatic heterocycles. The summed E-state index contributed by atoms with van der Waals surface area (Å²) < 4.78 is 13.7. The van der Waals surface area contributed by atoms with Gasteiger partial charge in [0, 0.05) is 29.8 Å². The topological polar surface area (TPSA) is 101 Å². The number of benzene rings is 1. The van der Waals surface area contributed by atoms with Crippen molar-refractivity contribution in [3.63, 3.8) is 0 Å². The Balaban J connectivity index is 2.22. The Kier molecular flexibility index (Phi) is 3.69. The van der Waals surface area contributed by atoms with Gasteiger partial charge >= 0.3 is 0 Å². The van der Waals surface area contributed by atoms with Crippen LogP contribution in [0.25, 0.3) is 0 Å². The lowest BCUT2D eigenvalue weighted by atomic mass is 10.1. The van der Waals surface area contributed by atoms with Crippen LogP contribution in [0, 0.1) is 18.7 Å². The van der Waals surface area contributed by atoms with Gasteiger partial charge in [0.1, 0.15) is 5.82 Å². The van der Waals surface area contributed by atoms with Crippen molar-refractivity contribution >= 4 is 23.4 Å². The van der Waals surface area contributed by atoms with E-state index in [1.807, 2.05) is 0 Å². The number of hydrogen-bond acceptors (Lipinski definition) is 3. The number of nitrogens with one attached hydrogen (secondary N) is 2. The van der Waals surface area contributed by atoms with E-state index < -0.39 is 23.5 Å². The van der Waals surface area contributed by atoms with Gasteiger partial charge in [-0.1, -0.05) is 0 Å². The highest BCUT2D eigenvalue weighted by atomic mass is 19.1. The largest absolute Gasteiger partial charge is 0.366 e. The first-order valence-electron chi connectivity index (χ1n) is 6.06. The maximum absolute atomic E-state index is 13.7. The second kappa shape index (κ2) is 5.28. The Bertz CT molecular complexity index is 601. The zero-order valence-corrected chi connectivity index (χ0v) is 10.8. The van der Waals surface area contributed by atoms with Gasteiger partial charge in [-0.15, -0.1) is 0 Å². The van der Waals surface area contributed by atoms with Gasteiger partial charge in [-0.2, -0.15) is 0 Å². The van der Waals surface area contributed by atoms with Crippen LogP contribution < -0.4 is 16.4 Å². The summed E-state index contributed by atoms with van der Waals surface area (Å²) in [5, 5.41) is 5.07. The Morgan fingerprint density at radius 3 is 2.70 bits per heavy atom. The summed E-state index contributed by atoms with van der Waals surface area (Å²) in [6.07, 6.45) is 0.100. The van der Waals surface area contributed by atoms with Crippen LogP contribution in [0.4, 0.5) is 10.1 Å². The van der Waals surface area contributed by atoms with Crippen LogP contribution >= 0.6 is 0 Å². The summed E-state index contributed by atoms with van der Waals surface area (Å²) in [6.45, 7) is 1.73. The molecule has 1 aliphatic rings. The number of halogens is 1. The maximum Gasteiger partial charge on any atom is 0.248 e. The standard InChI is InChI=1S/C13H14FN3O3/c1-6-9(14)2-7(12(15)19)3-10(6)17-13(20)8-4-11(18)16-5-8/h2-3,8H,4-5H2,1H3,(H2,15,19)(H,16,18)(H,17,20). The fourth-order valence-corrected chi connectivity index (χ4v) is 1.98. The van der Waals surface area contributed by atoms with Crippen LogP contribution in [-0.4, -0.2) is 24.3 Å². The number of nitrogens with two attached hydrogens (primary N) is 1. The van der Waals surface area contributed by atoms with Crippen molar-refractivity contribution in [2.24, 2.45) is 11.7 Å². The lowest BCUT2D eigenvalue weighted by Crippen LogP contribution is -2.25. The molecular formula is C13H14FN3O3. The fraction of sp³-hybridized carbons (Fsp3) is 0.308. The molecule has 1 aromatic carbocycles. The molecular weight excluding hydrogens is 265 g/mol. The molecule has 3 amide bonds. The van der Waals surface area contributed by atoms with Crippen molar-refractivity contribution in [2.75, 3.05) is 11.9 Å². The molecule has 0 saturated carbocycles. The van der Waals surface area contributed by atoms with E-state index in [0.717, 1.165) is 6.07 Å². The van der Waals surface area contributed by atoms with Crippen LogP contribution in [-0.2, 0) is 9.59 Å². The molecule has 1 unspecified atom stereocenters. The third kappa shape index (κ3) is 2.76. The Hall–Kier alpha value is -2.44. The molecule has 1 heterocycles. The van der Waals surface area contributed by atoms with E-state index in [4.69, 9.17) is 5.73 Å². The van der Waals surface area contributed by atoms with Gasteiger partial charge in [-0.25, -0.2) is 4.39 Å². The zero-order chi connectivity index (χ0) is 14.9. The summed E-state index contributed by atoms with van der Waals surface area (Å²) in [5.74, 6) is -2.50. The number of rotatable bonds is 3. The van der Waals surface area contributed by atoms with Crippen molar-refractivity contribution in [3.8, 4) is 0 Å². The number of primary amides is 1. The summed E-state index contributed by atoms with van der Waals surface area (Å²) >= 11 is 0. The minimum absolute atomic E-state index is 0.0241. The number of carbonyl (C=O) groups is 3. The summed E-state index contributed by atoms with van der Waals surface area (Å²) in [4.78, 5) is 34.1. The summed E-state index contributed by atoms with van der Waals surface area (Å²) in [5.41, 5.74) is 5.47. The number of carbonyl (C=O) groups excluding carboxylic acids is 3. The molecule has 0 aliphatic carbocycles. The van der Waals surface area contributed by atoms with Crippen molar-refractivity contribution in [2.45, 2.75) is 13.3 Å². The highest BCUT2D eigenvalue weighted by Gasteiger charge is 2.28. The molecule has 6 nitrogen and oxygen atoms in total. The molecule has 7 heteroatoms. The lowest BCUT2D eigenvalue weighted by molar-refractivity contribution is -0.123. The SMILES string of the molecule is Cc1c(F)cc(C(N)=O)cc1NC(=O)C1CNC(=O)C1. The first-order valence-corrected chi connectivity index (χ1v) is 6.06. The van der Waals surface area contributed by atoms with Crippen molar-refractivity contribution in [3.05, 3.63) is 29.1 Å².